The smallest absolute Gasteiger partial charge is 0.0168 e. The van der Waals surface area contributed by atoms with E-state index >= 15 is 0 Å². The van der Waals surface area contributed by atoms with Gasteiger partial charge < -0.3 is 0 Å². The summed E-state index contributed by atoms with van der Waals surface area (Å²) in [6.07, 6.45) is 1.10. The molecule has 2 heteroatoms. The molecule has 66 valence electrons. The average molecular weight is 164 g/mol. The Morgan fingerprint density at radius 3 is 2.50 bits per heavy atom. The number of nitrogens with one attached hydrogen (secondary N) is 1. The molecule has 1 aromatic carbocycles. The first kappa shape index (κ1) is 9.23. The molecule has 0 bridgehead atoms. The van der Waals surface area contributed by atoms with E-state index in [0.29, 0.717) is 0 Å². The SMILES string of the molecule is CNN(C)CCc1ccccc1. The van der Waals surface area contributed by atoms with Crippen LogP contribution in [0.15, 0.2) is 30.3 Å². The zero-order valence-corrected chi connectivity index (χ0v) is 7.75. The molecule has 0 amide bonds. The molecule has 0 atom stereocenters. The van der Waals surface area contributed by atoms with Crippen molar-refractivity contribution in [2.75, 3.05) is 20.6 Å². The summed E-state index contributed by atoms with van der Waals surface area (Å²) >= 11 is 0. The van der Waals surface area contributed by atoms with Crippen molar-refractivity contribution in [1.82, 2.24) is 10.4 Å². The van der Waals surface area contributed by atoms with E-state index in [1.165, 1.54) is 5.56 Å². The van der Waals surface area contributed by atoms with Crippen LogP contribution in [0.25, 0.3) is 0 Å². The van der Waals surface area contributed by atoms with Crippen LogP contribution in [0.2, 0.25) is 0 Å². The van der Waals surface area contributed by atoms with Crippen molar-refractivity contribution < 1.29 is 0 Å². The van der Waals surface area contributed by atoms with Crippen LogP contribution < -0.4 is 5.43 Å². The molecule has 0 saturated carbocycles. The van der Waals surface area contributed by atoms with E-state index in [4.69, 9.17) is 0 Å². The van der Waals surface area contributed by atoms with E-state index in [2.05, 4.69) is 34.7 Å². The minimum Gasteiger partial charge on any atom is -0.259 e. The Balaban J connectivity index is 2.33. The van der Waals surface area contributed by atoms with Crippen molar-refractivity contribution in [3.8, 4) is 0 Å². The zero-order chi connectivity index (χ0) is 8.81. The highest BCUT2D eigenvalue weighted by molar-refractivity contribution is 5.14. The number of nitrogens with zero attached hydrogens (tertiary/aromatic N) is 1. The maximum Gasteiger partial charge on any atom is 0.0168 e. The van der Waals surface area contributed by atoms with Crippen LogP contribution >= 0.6 is 0 Å². The number of likely N-dealkylation sites (N-methyl/N-ethyl adjacent to an activating group) is 1. The largest absolute Gasteiger partial charge is 0.259 e. The molecule has 0 fully saturated rings. The van der Waals surface area contributed by atoms with Gasteiger partial charge in [0.1, 0.15) is 0 Å². The van der Waals surface area contributed by atoms with Crippen molar-refractivity contribution >= 4 is 0 Å². The van der Waals surface area contributed by atoms with Crippen LogP contribution in [0.4, 0.5) is 0 Å². The normalized spacial score (nSPS) is 10.6. The molecular formula is C10H16N2. The average Bonchev–Trinajstić information content (AvgIpc) is 2.16. The Hall–Kier alpha value is -0.860. The Morgan fingerprint density at radius 1 is 1.25 bits per heavy atom. The standard InChI is InChI=1S/C10H16N2/c1-11-12(2)9-8-10-6-4-3-5-7-10/h3-7,11H,8-9H2,1-2H3. The summed E-state index contributed by atoms with van der Waals surface area (Å²) in [6.45, 7) is 1.04. The van der Waals surface area contributed by atoms with Crippen LogP contribution in [0.1, 0.15) is 5.56 Å². The molecule has 12 heavy (non-hydrogen) atoms. The van der Waals surface area contributed by atoms with Crippen LogP contribution in [0.3, 0.4) is 0 Å². The zero-order valence-electron chi connectivity index (χ0n) is 7.75. The summed E-state index contributed by atoms with van der Waals surface area (Å²) in [4.78, 5) is 0. The molecule has 2 nitrogen and oxygen atoms in total. The first-order valence-corrected chi connectivity index (χ1v) is 4.25. The van der Waals surface area contributed by atoms with Crippen molar-refractivity contribution in [3.05, 3.63) is 35.9 Å². The minimum absolute atomic E-state index is 1.04. The molecule has 1 rings (SSSR count). The van der Waals surface area contributed by atoms with Crippen molar-refractivity contribution in [2.24, 2.45) is 0 Å². The second-order valence-electron chi connectivity index (χ2n) is 2.88. The quantitative estimate of drug-likeness (QED) is 0.675. The van der Waals surface area contributed by atoms with E-state index in [0.717, 1.165) is 13.0 Å². The third kappa shape index (κ3) is 3.03. The van der Waals surface area contributed by atoms with Gasteiger partial charge in [-0.25, -0.2) is 5.01 Å². The lowest BCUT2D eigenvalue weighted by atomic mass is 10.1. The predicted octanol–water partition coefficient (Wildman–Crippen LogP) is 1.30. The molecule has 0 aromatic heterocycles. The van der Waals surface area contributed by atoms with E-state index in [1.807, 2.05) is 20.2 Å². The first-order chi connectivity index (χ1) is 5.83. The van der Waals surface area contributed by atoms with Crippen LogP contribution in [0, 0.1) is 0 Å². The summed E-state index contributed by atoms with van der Waals surface area (Å²) in [5.41, 5.74) is 4.46. The number of hydrogen-bond acceptors (Lipinski definition) is 2. The topological polar surface area (TPSA) is 15.3 Å². The van der Waals surface area contributed by atoms with E-state index in [1.54, 1.807) is 0 Å². The molecule has 0 saturated heterocycles. The molecule has 0 heterocycles. The van der Waals surface area contributed by atoms with Gasteiger partial charge in [-0.05, 0) is 19.0 Å². The van der Waals surface area contributed by atoms with Gasteiger partial charge >= 0.3 is 0 Å². The summed E-state index contributed by atoms with van der Waals surface area (Å²) in [5.74, 6) is 0. The van der Waals surface area contributed by atoms with Gasteiger partial charge in [0.05, 0.1) is 0 Å². The number of hydrogen-bond donors (Lipinski definition) is 1. The van der Waals surface area contributed by atoms with Gasteiger partial charge in [0.2, 0.25) is 0 Å². The highest BCUT2D eigenvalue weighted by atomic mass is 15.5. The summed E-state index contributed by atoms with van der Waals surface area (Å²) < 4.78 is 0. The Kier molecular flexibility index (Phi) is 3.77. The molecular weight excluding hydrogens is 148 g/mol. The van der Waals surface area contributed by atoms with Gasteiger partial charge in [0.25, 0.3) is 0 Å². The number of rotatable bonds is 4. The molecule has 0 radical (unpaired) electrons. The van der Waals surface area contributed by atoms with Gasteiger partial charge in [0, 0.05) is 13.6 Å². The lowest BCUT2D eigenvalue weighted by molar-refractivity contribution is 0.264. The Bertz CT molecular complexity index is 208. The third-order valence-electron chi connectivity index (χ3n) is 1.96. The van der Waals surface area contributed by atoms with Gasteiger partial charge in [0.15, 0.2) is 0 Å². The Labute approximate surface area is 74.2 Å². The predicted molar refractivity (Wildman–Crippen MR) is 51.8 cm³/mol. The molecule has 0 aliphatic rings. The second kappa shape index (κ2) is 4.91. The highest BCUT2D eigenvalue weighted by Gasteiger charge is 1.94. The molecule has 1 aromatic rings. The van der Waals surface area contributed by atoms with Crippen LogP contribution in [-0.4, -0.2) is 25.6 Å². The van der Waals surface area contributed by atoms with Crippen LogP contribution in [0.5, 0.6) is 0 Å². The van der Waals surface area contributed by atoms with E-state index in [9.17, 15) is 0 Å². The molecule has 1 N–H and O–H groups in total. The molecule has 0 spiro atoms. The monoisotopic (exact) mass is 164 g/mol. The number of benzene rings is 1. The second-order valence-corrected chi connectivity index (χ2v) is 2.88. The minimum atomic E-state index is 1.04. The summed E-state index contributed by atoms with van der Waals surface area (Å²) in [7, 11) is 3.98. The van der Waals surface area contributed by atoms with Gasteiger partial charge in [-0.2, -0.15) is 0 Å². The molecule has 0 aliphatic carbocycles. The fourth-order valence-electron chi connectivity index (χ4n) is 1.05. The van der Waals surface area contributed by atoms with Crippen molar-refractivity contribution in [2.45, 2.75) is 6.42 Å². The molecule has 0 aliphatic heterocycles. The van der Waals surface area contributed by atoms with Gasteiger partial charge in [-0.3, -0.25) is 5.43 Å². The first-order valence-electron chi connectivity index (χ1n) is 4.25. The van der Waals surface area contributed by atoms with Crippen molar-refractivity contribution in [1.29, 1.82) is 0 Å². The maximum absolute atomic E-state index is 3.07. The van der Waals surface area contributed by atoms with Crippen molar-refractivity contribution in [3.63, 3.8) is 0 Å². The van der Waals surface area contributed by atoms with Crippen LogP contribution in [-0.2, 0) is 6.42 Å². The third-order valence-corrected chi connectivity index (χ3v) is 1.96. The van der Waals surface area contributed by atoms with Gasteiger partial charge in [-0.15, -0.1) is 0 Å². The fraction of sp³-hybridized carbons (Fsp3) is 0.400. The summed E-state index contributed by atoms with van der Waals surface area (Å²) in [6, 6.07) is 10.5. The van der Waals surface area contributed by atoms with Gasteiger partial charge in [-0.1, -0.05) is 30.3 Å². The molecule has 0 unspecified atom stereocenters. The highest BCUT2D eigenvalue weighted by Crippen LogP contribution is 1.99. The number of hydrazine groups is 1. The van der Waals surface area contributed by atoms with E-state index < -0.39 is 0 Å². The Morgan fingerprint density at radius 2 is 1.92 bits per heavy atom. The summed E-state index contributed by atoms with van der Waals surface area (Å²) in [5, 5.41) is 2.08. The fourth-order valence-corrected chi connectivity index (χ4v) is 1.05. The lowest BCUT2D eigenvalue weighted by Gasteiger charge is -2.14. The lowest BCUT2D eigenvalue weighted by Crippen LogP contribution is -2.32. The van der Waals surface area contributed by atoms with E-state index in [-0.39, 0.29) is 0 Å². The maximum atomic E-state index is 3.07.